The summed E-state index contributed by atoms with van der Waals surface area (Å²) in [5.41, 5.74) is 0. The van der Waals surface area contributed by atoms with Gasteiger partial charge in [-0.15, -0.1) is 0 Å². The summed E-state index contributed by atoms with van der Waals surface area (Å²) in [7, 11) is -4.67. The molecule has 0 fully saturated rings. The van der Waals surface area contributed by atoms with Gasteiger partial charge >= 0.3 is 59.3 Å². The van der Waals surface area contributed by atoms with Crippen LogP contribution in [0.2, 0.25) is 0 Å². The fourth-order valence-electron chi connectivity index (χ4n) is 0. The van der Waals surface area contributed by atoms with Crippen LogP contribution in [0.1, 0.15) is 7.43 Å². The Kier molecular flexibility index (Phi) is 12.6. The fraction of sp³-hybridized carbons (Fsp3) is 1.00. The molecule has 6 heteroatoms. The molecule has 0 aromatic heterocycles. The molecule has 0 aromatic rings. The molecule has 0 aromatic carbocycles. The molecule has 7 heavy (non-hydrogen) atoms. The average molecular weight is 253 g/mol. The molecule has 0 bridgehead atoms. The van der Waals surface area contributed by atoms with Crippen LogP contribution in [0.3, 0.4) is 0 Å². The molecule has 0 amide bonds. The van der Waals surface area contributed by atoms with Gasteiger partial charge in [-0.05, 0) is 0 Å². The number of rotatable bonds is 0. The van der Waals surface area contributed by atoms with Gasteiger partial charge < -0.3 is 0 Å². The predicted octanol–water partition coefficient (Wildman–Crippen LogP) is -0.933. The third-order valence-corrected chi connectivity index (χ3v) is 0. The molecule has 0 saturated heterocycles. The molecule has 0 radical (unpaired) electrons. The van der Waals surface area contributed by atoms with E-state index >= 15 is 0 Å². The van der Waals surface area contributed by atoms with Gasteiger partial charge in [0.1, 0.15) is 0 Å². The van der Waals surface area contributed by atoms with Crippen molar-refractivity contribution in [1.29, 1.82) is 0 Å². The molecule has 4 nitrogen and oxygen atoms in total. The third-order valence-electron chi connectivity index (χ3n) is 0. The Morgan fingerprint density at radius 2 is 1.14 bits per heavy atom. The molecule has 0 heterocycles. The van der Waals surface area contributed by atoms with E-state index in [9.17, 15) is 0 Å². The maximum atomic E-state index is 8.74. The molecule has 0 aliphatic heterocycles. The van der Waals surface area contributed by atoms with Gasteiger partial charge in [0.05, 0.1) is 0 Å². The molecule has 0 unspecified atom stereocenters. The Morgan fingerprint density at radius 1 is 1.14 bits per heavy atom. The monoisotopic (exact) mass is 254 g/mol. The average Bonchev–Trinajstić information content (AvgIpc) is 0.722. The molecule has 0 saturated carbocycles. The maximum absolute atomic E-state index is 8.74. The van der Waals surface area contributed by atoms with Crippen LogP contribution in [-0.4, -0.2) is 66.4 Å². The Morgan fingerprint density at radius 3 is 1.14 bits per heavy atom. The topological polar surface area (TPSA) is 74.6 Å². The van der Waals surface area contributed by atoms with Crippen molar-refractivity contribution in [2.45, 2.75) is 7.43 Å². The summed E-state index contributed by atoms with van der Waals surface area (Å²) in [6.45, 7) is 0. The van der Waals surface area contributed by atoms with E-state index in [1.165, 1.54) is 0 Å². The summed E-state index contributed by atoms with van der Waals surface area (Å²) in [6, 6.07) is 0. The van der Waals surface area contributed by atoms with Gasteiger partial charge in [-0.25, -0.2) is 0 Å². The van der Waals surface area contributed by atoms with E-state index in [2.05, 4.69) is 0 Å². The van der Waals surface area contributed by atoms with E-state index in [1.54, 1.807) is 0 Å². The Bertz CT molecular complexity index is 94.9. The number of hydrogen-bond acceptors (Lipinski definition) is 2. The zero-order chi connectivity index (χ0) is 4.50. The van der Waals surface area contributed by atoms with Crippen molar-refractivity contribution in [2.75, 3.05) is 0 Å². The second-order valence-corrected chi connectivity index (χ2v) is 1.34. The summed E-state index contributed by atoms with van der Waals surface area (Å²) in [4.78, 5) is 0. The van der Waals surface area contributed by atoms with Gasteiger partial charge in [-0.1, -0.05) is 7.43 Å². The van der Waals surface area contributed by atoms with Gasteiger partial charge in [-0.2, -0.15) is 8.42 Å². The fourth-order valence-corrected chi connectivity index (χ4v) is 0. The molecule has 0 atom stereocenters. The van der Waals surface area contributed by atoms with Crippen LogP contribution >= 0.6 is 0 Å². The van der Waals surface area contributed by atoms with Crippen LogP contribution in [0, 0.1) is 0 Å². The van der Waals surface area contributed by atoms with Gasteiger partial charge in [0, 0.05) is 0 Å². The van der Waals surface area contributed by atoms with Gasteiger partial charge in [-0.3, -0.25) is 9.11 Å². The van der Waals surface area contributed by atoms with E-state index in [0.29, 0.717) is 0 Å². The van der Waals surface area contributed by atoms with Crippen molar-refractivity contribution < 1.29 is 17.5 Å². The van der Waals surface area contributed by atoms with Crippen molar-refractivity contribution in [3.8, 4) is 0 Å². The first kappa shape index (κ1) is 15.8. The van der Waals surface area contributed by atoms with E-state index in [0.717, 1.165) is 0 Å². The first-order chi connectivity index (χ1) is 2.00. The molecule has 0 aliphatic rings. The number of hydrogen-bond donors (Lipinski definition) is 2. The zero-order valence-electron chi connectivity index (χ0n) is 2.12. The minimum absolute atomic E-state index is 0. The van der Waals surface area contributed by atoms with Crippen LogP contribution < -0.4 is 0 Å². The van der Waals surface area contributed by atoms with E-state index < -0.39 is 10.4 Å². The standard InChI is InChI=1S/CH4.Ba.H2O4S.2H/c;;1-5(2,3)4;;/h1H4;;(H2,1,2,3,4);;. The predicted molar refractivity (Wildman–Crippen MR) is 29.5 cm³/mol. The van der Waals surface area contributed by atoms with Crippen LogP contribution in [0.5, 0.6) is 0 Å². The second-order valence-electron chi connectivity index (χ2n) is 0.448. The normalized spacial score (nSPS) is 8.29. The molecular weight excluding hydrogens is 245 g/mol. The molecule has 44 valence electrons. The van der Waals surface area contributed by atoms with Crippen LogP contribution in [-0.2, 0) is 10.4 Å². The molecular formula is CH8BaO4S. The van der Waals surface area contributed by atoms with E-state index in [4.69, 9.17) is 17.5 Å². The van der Waals surface area contributed by atoms with Crippen molar-refractivity contribution in [3.63, 3.8) is 0 Å². The van der Waals surface area contributed by atoms with Crippen molar-refractivity contribution >= 4 is 59.3 Å². The minimum atomic E-state index is -4.67. The van der Waals surface area contributed by atoms with E-state index in [1.807, 2.05) is 0 Å². The van der Waals surface area contributed by atoms with Crippen molar-refractivity contribution in [3.05, 3.63) is 0 Å². The van der Waals surface area contributed by atoms with Gasteiger partial charge in [0.2, 0.25) is 0 Å². The van der Waals surface area contributed by atoms with Crippen LogP contribution in [0.15, 0.2) is 0 Å². The summed E-state index contributed by atoms with van der Waals surface area (Å²) in [5.74, 6) is 0. The van der Waals surface area contributed by atoms with Gasteiger partial charge in [0.15, 0.2) is 0 Å². The van der Waals surface area contributed by atoms with Gasteiger partial charge in [0.25, 0.3) is 0 Å². The quantitative estimate of drug-likeness (QED) is 0.432. The molecule has 0 rings (SSSR count). The van der Waals surface area contributed by atoms with Crippen molar-refractivity contribution in [1.82, 2.24) is 0 Å². The molecule has 0 spiro atoms. The first-order valence-corrected chi connectivity index (χ1v) is 2.10. The summed E-state index contributed by atoms with van der Waals surface area (Å²) in [5, 5.41) is 0. The van der Waals surface area contributed by atoms with Crippen molar-refractivity contribution in [2.24, 2.45) is 0 Å². The zero-order valence-corrected chi connectivity index (χ0v) is 2.94. The SMILES string of the molecule is C.O=S(=O)(O)O.[BaH2]. The first-order valence-electron chi connectivity index (χ1n) is 0.698. The summed E-state index contributed by atoms with van der Waals surface area (Å²) >= 11 is 0. The third kappa shape index (κ3) is 106. The molecule has 2 N–H and O–H groups in total. The van der Waals surface area contributed by atoms with Crippen LogP contribution in [0.4, 0.5) is 0 Å². The summed E-state index contributed by atoms with van der Waals surface area (Å²) in [6.07, 6.45) is 0. The Balaban J connectivity index is -0.0000000800. The Labute approximate surface area is 83.0 Å². The Hall–Kier alpha value is 1.44. The van der Waals surface area contributed by atoms with E-state index in [-0.39, 0.29) is 56.3 Å². The summed E-state index contributed by atoms with van der Waals surface area (Å²) < 4.78 is 31.6. The second kappa shape index (κ2) is 5.58. The van der Waals surface area contributed by atoms with Crippen LogP contribution in [0.25, 0.3) is 0 Å². The molecule has 0 aliphatic carbocycles.